The maximum Gasteiger partial charge on any atom is 0.316 e. The lowest BCUT2D eigenvalue weighted by molar-refractivity contribution is 0.357. The van der Waals surface area contributed by atoms with Crippen LogP contribution in [0, 0.1) is 0 Å². The molecule has 0 N–H and O–H groups in total. The molecule has 2 aromatic rings. The summed E-state index contributed by atoms with van der Waals surface area (Å²) >= 11 is 0. The van der Waals surface area contributed by atoms with Crippen molar-refractivity contribution < 1.29 is 12.6 Å². The summed E-state index contributed by atoms with van der Waals surface area (Å²) in [5.41, 5.74) is 1.33. The summed E-state index contributed by atoms with van der Waals surface area (Å²) in [5, 5.41) is 0. The van der Waals surface area contributed by atoms with Crippen LogP contribution >= 0.6 is 0 Å². The standard InChI is InChI=1S/C9H10O3S.C9H10.Mg.2H/c1-2-8-12-13(10,11)9-6-4-3-5-7-9;1-2-6-9-7-4-3-5-8-9;;;/h2-7H,1,8H2;2-5,7-8H,1,6H2;;;. The van der Waals surface area contributed by atoms with Gasteiger partial charge in [0.15, 0.2) is 0 Å². The minimum atomic E-state index is -3.59. The van der Waals surface area contributed by atoms with E-state index in [1.165, 1.54) is 23.8 Å². The third-order valence-corrected chi connectivity index (χ3v) is 3.89. The molecule has 0 atom stereocenters. The van der Waals surface area contributed by atoms with E-state index in [0.29, 0.717) is 0 Å². The molecule has 0 bridgehead atoms. The van der Waals surface area contributed by atoms with Crippen LogP contribution in [0.15, 0.2) is 90.9 Å². The quantitative estimate of drug-likeness (QED) is 0.460. The van der Waals surface area contributed by atoms with Crippen molar-refractivity contribution in [3.05, 3.63) is 91.5 Å². The predicted molar refractivity (Wildman–Crippen MR) is 98.7 cm³/mol. The highest BCUT2D eigenvalue weighted by Gasteiger charge is 2.12. The molecule has 0 fully saturated rings. The third kappa shape index (κ3) is 8.71. The fourth-order valence-electron chi connectivity index (χ4n) is 1.57. The van der Waals surface area contributed by atoms with Crippen molar-refractivity contribution in [1.29, 1.82) is 0 Å². The molecule has 0 amide bonds. The van der Waals surface area contributed by atoms with Crippen molar-refractivity contribution in [2.75, 3.05) is 6.61 Å². The summed E-state index contributed by atoms with van der Waals surface area (Å²) in [6.45, 7) is 7.02. The first-order valence-electron chi connectivity index (χ1n) is 6.80. The highest BCUT2D eigenvalue weighted by Crippen LogP contribution is 2.10. The lowest BCUT2D eigenvalue weighted by atomic mass is 10.2. The molecule has 0 aliphatic carbocycles. The zero-order valence-electron chi connectivity index (χ0n) is 12.4. The van der Waals surface area contributed by atoms with E-state index < -0.39 is 10.1 Å². The fourth-order valence-corrected chi connectivity index (χ4v) is 2.48. The van der Waals surface area contributed by atoms with Crippen LogP contribution in [-0.4, -0.2) is 38.1 Å². The Kier molecular flexibility index (Phi) is 11.3. The van der Waals surface area contributed by atoms with Crippen molar-refractivity contribution in [2.24, 2.45) is 0 Å². The summed E-state index contributed by atoms with van der Waals surface area (Å²) in [4.78, 5) is 0.164. The summed E-state index contributed by atoms with van der Waals surface area (Å²) in [6, 6.07) is 18.3. The van der Waals surface area contributed by atoms with Crippen molar-refractivity contribution >= 4 is 33.2 Å². The summed E-state index contributed by atoms with van der Waals surface area (Å²) in [7, 11) is -3.59. The molecule has 0 saturated heterocycles. The molecule has 0 radical (unpaired) electrons. The molecular formula is C18H22MgO3S. The van der Waals surface area contributed by atoms with Gasteiger partial charge in [-0.25, -0.2) is 0 Å². The molecule has 120 valence electrons. The summed E-state index contributed by atoms with van der Waals surface area (Å²) in [5.74, 6) is 0. The van der Waals surface area contributed by atoms with Crippen LogP contribution in [0.1, 0.15) is 5.56 Å². The van der Waals surface area contributed by atoms with E-state index in [1.54, 1.807) is 18.2 Å². The number of allylic oxidation sites excluding steroid dienone is 1. The average molecular weight is 343 g/mol. The second kappa shape index (κ2) is 12.1. The molecular weight excluding hydrogens is 321 g/mol. The Balaban J connectivity index is 0.000000427. The maximum absolute atomic E-state index is 11.3. The minimum Gasteiger partial charge on any atom is -0.262 e. The first-order chi connectivity index (χ1) is 10.6. The lowest BCUT2D eigenvalue weighted by Gasteiger charge is -2.01. The Morgan fingerprint density at radius 2 is 1.39 bits per heavy atom. The number of benzene rings is 2. The fraction of sp³-hybridized carbons (Fsp3) is 0.111. The van der Waals surface area contributed by atoms with E-state index in [1.807, 2.05) is 24.3 Å². The van der Waals surface area contributed by atoms with Crippen LogP contribution in [0.2, 0.25) is 0 Å². The molecule has 3 nitrogen and oxygen atoms in total. The van der Waals surface area contributed by atoms with Crippen LogP contribution in [0.3, 0.4) is 0 Å². The molecule has 23 heavy (non-hydrogen) atoms. The Hall–Kier alpha value is -1.40. The molecule has 0 spiro atoms. The molecule has 0 aliphatic rings. The predicted octanol–water partition coefficient (Wildman–Crippen LogP) is 3.08. The van der Waals surface area contributed by atoms with Gasteiger partial charge in [0, 0.05) is 0 Å². The average Bonchev–Trinajstić information content (AvgIpc) is 2.56. The van der Waals surface area contributed by atoms with Gasteiger partial charge >= 0.3 is 23.1 Å². The van der Waals surface area contributed by atoms with Gasteiger partial charge in [0.25, 0.3) is 10.1 Å². The topological polar surface area (TPSA) is 43.4 Å². The van der Waals surface area contributed by atoms with Gasteiger partial charge < -0.3 is 0 Å². The maximum atomic E-state index is 11.3. The molecule has 0 aliphatic heterocycles. The molecule has 0 saturated carbocycles. The van der Waals surface area contributed by atoms with Crippen molar-refractivity contribution in [2.45, 2.75) is 11.3 Å². The monoisotopic (exact) mass is 342 g/mol. The van der Waals surface area contributed by atoms with Gasteiger partial charge in [0.2, 0.25) is 0 Å². The molecule has 2 aromatic carbocycles. The minimum absolute atomic E-state index is 0. The van der Waals surface area contributed by atoms with Gasteiger partial charge in [-0.1, -0.05) is 60.7 Å². The van der Waals surface area contributed by atoms with Crippen molar-refractivity contribution in [1.82, 2.24) is 0 Å². The van der Waals surface area contributed by atoms with Crippen molar-refractivity contribution in [3.63, 3.8) is 0 Å². The van der Waals surface area contributed by atoms with Gasteiger partial charge in [0.1, 0.15) is 0 Å². The Bertz CT molecular complexity index is 668. The normalized spacial score (nSPS) is 9.74. The van der Waals surface area contributed by atoms with Gasteiger partial charge in [-0.05, 0) is 24.1 Å². The SMILES string of the molecule is C=CCOS(=O)(=O)c1ccccc1.C=CCc1ccccc1.[MgH2]. The van der Waals surface area contributed by atoms with Crippen LogP contribution in [0.5, 0.6) is 0 Å². The third-order valence-electron chi connectivity index (χ3n) is 2.60. The summed E-state index contributed by atoms with van der Waals surface area (Å²) < 4.78 is 27.3. The van der Waals surface area contributed by atoms with E-state index in [0.717, 1.165) is 6.42 Å². The van der Waals surface area contributed by atoms with E-state index >= 15 is 0 Å². The Morgan fingerprint density at radius 3 is 1.87 bits per heavy atom. The Labute approximate surface area is 155 Å². The molecule has 0 heterocycles. The van der Waals surface area contributed by atoms with Crippen molar-refractivity contribution in [3.8, 4) is 0 Å². The van der Waals surface area contributed by atoms with E-state index in [-0.39, 0.29) is 34.6 Å². The largest absolute Gasteiger partial charge is 0.316 e. The van der Waals surface area contributed by atoms with Gasteiger partial charge in [-0.2, -0.15) is 8.42 Å². The van der Waals surface area contributed by atoms with Gasteiger partial charge in [-0.3, -0.25) is 4.18 Å². The zero-order chi connectivity index (χ0) is 16.3. The number of hydrogen-bond donors (Lipinski definition) is 0. The summed E-state index contributed by atoms with van der Waals surface area (Å²) in [6.07, 6.45) is 4.27. The van der Waals surface area contributed by atoms with Gasteiger partial charge in [0.05, 0.1) is 11.5 Å². The number of rotatable bonds is 6. The molecule has 5 heteroatoms. The Morgan fingerprint density at radius 1 is 0.870 bits per heavy atom. The lowest BCUT2D eigenvalue weighted by Crippen LogP contribution is -2.05. The van der Waals surface area contributed by atoms with E-state index in [2.05, 4.69) is 29.5 Å². The first-order valence-corrected chi connectivity index (χ1v) is 8.21. The van der Waals surface area contributed by atoms with E-state index in [4.69, 9.17) is 0 Å². The first kappa shape index (κ1) is 21.6. The van der Waals surface area contributed by atoms with Crippen LogP contribution in [0.25, 0.3) is 0 Å². The molecule has 0 aromatic heterocycles. The van der Waals surface area contributed by atoms with Gasteiger partial charge in [-0.15, -0.1) is 13.2 Å². The zero-order valence-corrected chi connectivity index (χ0v) is 13.2. The molecule has 2 rings (SSSR count). The van der Waals surface area contributed by atoms with Crippen LogP contribution in [-0.2, 0) is 20.7 Å². The second-order valence-electron chi connectivity index (χ2n) is 4.32. The highest BCUT2D eigenvalue weighted by molar-refractivity contribution is 7.86. The van der Waals surface area contributed by atoms with Crippen LogP contribution < -0.4 is 0 Å². The van der Waals surface area contributed by atoms with Crippen LogP contribution in [0.4, 0.5) is 0 Å². The highest BCUT2D eigenvalue weighted by atomic mass is 32.2. The smallest absolute Gasteiger partial charge is 0.262 e. The number of hydrogen-bond acceptors (Lipinski definition) is 3. The van der Waals surface area contributed by atoms with E-state index in [9.17, 15) is 8.42 Å². The molecule has 0 unspecified atom stereocenters. The second-order valence-corrected chi connectivity index (χ2v) is 5.93.